The molecule has 0 saturated carbocycles. The van der Waals surface area contributed by atoms with Gasteiger partial charge in [0, 0.05) is 12.6 Å². The minimum Gasteiger partial charge on any atom is -0.381 e. The number of benzene rings is 1. The predicted octanol–water partition coefficient (Wildman–Crippen LogP) is 2.74. The molecule has 3 nitrogen and oxygen atoms in total. The van der Waals surface area contributed by atoms with Gasteiger partial charge in [0.2, 0.25) is 0 Å². The number of nitrogens with zero attached hydrogens (tertiary/aromatic N) is 2. The zero-order valence-electron chi connectivity index (χ0n) is 8.66. The average molecular weight is 266 g/mol. The summed E-state index contributed by atoms with van der Waals surface area (Å²) in [5.74, 6) is 0.521. The maximum Gasteiger partial charge on any atom is 0.160 e. The highest BCUT2D eigenvalue weighted by Gasteiger charge is 2.12. The van der Waals surface area contributed by atoms with Crippen molar-refractivity contribution in [2.45, 2.75) is 6.92 Å². The van der Waals surface area contributed by atoms with Gasteiger partial charge in [0.25, 0.3) is 0 Å². The number of anilines is 1. The lowest BCUT2D eigenvalue weighted by Gasteiger charge is -2.03. The molecule has 2 aromatic rings. The van der Waals surface area contributed by atoms with Gasteiger partial charge in [-0.15, -0.1) is 0 Å². The Hall–Kier alpha value is -1.29. The van der Waals surface area contributed by atoms with Crippen LogP contribution in [-0.2, 0) is 7.05 Å². The predicted molar refractivity (Wildman–Crippen MR) is 65.5 cm³/mol. The van der Waals surface area contributed by atoms with Crippen LogP contribution >= 0.6 is 15.9 Å². The first kappa shape index (κ1) is 10.2. The van der Waals surface area contributed by atoms with E-state index in [4.69, 9.17) is 5.73 Å². The first-order valence-corrected chi connectivity index (χ1v) is 5.44. The molecule has 4 heteroatoms. The van der Waals surface area contributed by atoms with Crippen LogP contribution in [0.4, 0.5) is 5.82 Å². The van der Waals surface area contributed by atoms with E-state index in [1.165, 1.54) is 5.56 Å². The van der Waals surface area contributed by atoms with Crippen LogP contribution in [0.1, 0.15) is 5.56 Å². The molecule has 2 N–H and O–H groups in total. The largest absolute Gasteiger partial charge is 0.381 e. The third-order valence-corrected chi connectivity index (χ3v) is 3.12. The van der Waals surface area contributed by atoms with Gasteiger partial charge >= 0.3 is 0 Å². The van der Waals surface area contributed by atoms with Crippen molar-refractivity contribution in [1.82, 2.24) is 9.78 Å². The van der Waals surface area contributed by atoms with Gasteiger partial charge < -0.3 is 5.73 Å². The van der Waals surface area contributed by atoms with E-state index in [-0.39, 0.29) is 0 Å². The topological polar surface area (TPSA) is 43.8 Å². The van der Waals surface area contributed by atoms with Gasteiger partial charge in [-0.3, -0.25) is 4.68 Å². The fourth-order valence-electron chi connectivity index (χ4n) is 1.54. The van der Waals surface area contributed by atoms with E-state index in [0.717, 1.165) is 15.7 Å². The highest BCUT2D eigenvalue weighted by Crippen LogP contribution is 2.31. The molecule has 0 saturated heterocycles. The van der Waals surface area contributed by atoms with E-state index in [2.05, 4.69) is 52.2 Å². The smallest absolute Gasteiger partial charge is 0.160 e. The maximum atomic E-state index is 5.73. The van der Waals surface area contributed by atoms with Crippen LogP contribution in [0, 0.1) is 6.92 Å². The fraction of sp³-hybridized carbons (Fsp3) is 0.182. The number of aromatic nitrogens is 2. The highest BCUT2D eigenvalue weighted by molar-refractivity contribution is 9.10. The zero-order chi connectivity index (χ0) is 11.0. The Bertz CT molecular complexity index is 485. The summed E-state index contributed by atoms with van der Waals surface area (Å²) in [7, 11) is 1.89. The van der Waals surface area contributed by atoms with Crippen molar-refractivity contribution in [1.29, 1.82) is 0 Å². The molecule has 0 aliphatic heterocycles. The molecule has 0 radical (unpaired) electrons. The van der Waals surface area contributed by atoms with E-state index in [1.807, 2.05) is 7.05 Å². The Labute approximate surface area is 97.0 Å². The number of rotatable bonds is 1. The van der Waals surface area contributed by atoms with Crippen molar-refractivity contribution >= 4 is 21.7 Å². The zero-order valence-corrected chi connectivity index (χ0v) is 10.2. The van der Waals surface area contributed by atoms with Crippen LogP contribution < -0.4 is 5.73 Å². The number of hydrogen-bond acceptors (Lipinski definition) is 2. The SMILES string of the molecule is Cc1ccc(-c2c(Br)c(N)nn2C)cc1. The molecule has 78 valence electrons. The Kier molecular flexibility index (Phi) is 2.52. The Morgan fingerprint density at radius 1 is 1.27 bits per heavy atom. The number of halogens is 1. The molecule has 0 bridgehead atoms. The van der Waals surface area contributed by atoms with Crippen molar-refractivity contribution < 1.29 is 0 Å². The van der Waals surface area contributed by atoms with E-state index in [0.29, 0.717) is 5.82 Å². The molecule has 1 heterocycles. The average Bonchev–Trinajstić information content (AvgIpc) is 2.44. The first-order valence-electron chi connectivity index (χ1n) is 4.64. The lowest BCUT2D eigenvalue weighted by atomic mass is 10.1. The van der Waals surface area contributed by atoms with Gasteiger partial charge in [-0.05, 0) is 22.9 Å². The molecule has 0 aliphatic rings. The van der Waals surface area contributed by atoms with Crippen LogP contribution in [-0.4, -0.2) is 9.78 Å². The van der Waals surface area contributed by atoms with Gasteiger partial charge in [0.05, 0.1) is 10.2 Å². The van der Waals surface area contributed by atoms with Gasteiger partial charge in [-0.25, -0.2) is 0 Å². The monoisotopic (exact) mass is 265 g/mol. The Morgan fingerprint density at radius 2 is 1.87 bits per heavy atom. The lowest BCUT2D eigenvalue weighted by Crippen LogP contribution is -1.94. The highest BCUT2D eigenvalue weighted by atomic mass is 79.9. The lowest BCUT2D eigenvalue weighted by molar-refractivity contribution is 0.780. The molecule has 0 amide bonds. The molecular formula is C11H12BrN3. The summed E-state index contributed by atoms with van der Waals surface area (Å²) < 4.78 is 2.64. The second-order valence-electron chi connectivity index (χ2n) is 3.54. The third kappa shape index (κ3) is 1.77. The molecule has 1 aromatic carbocycles. The molecule has 15 heavy (non-hydrogen) atoms. The van der Waals surface area contributed by atoms with Crippen molar-refractivity contribution in [3.63, 3.8) is 0 Å². The van der Waals surface area contributed by atoms with Crippen LogP contribution in [0.15, 0.2) is 28.7 Å². The van der Waals surface area contributed by atoms with E-state index < -0.39 is 0 Å². The minimum absolute atomic E-state index is 0.521. The van der Waals surface area contributed by atoms with Crippen LogP contribution in [0.2, 0.25) is 0 Å². The second kappa shape index (κ2) is 3.70. The third-order valence-electron chi connectivity index (χ3n) is 2.34. The van der Waals surface area contributed by atoms with Crippen molar-refractivity contribution in [3.8, 4) is 11.3 Å². The summed E-state index contributed by atoms with van der Waals surface area (Å²) in [6.07, 6.45) is 0. The van der Waals surface area contributed by atoms with Crippen LogP contribution in [0.3, 0.4) is 0 Å². The quantitative estimate of drug-likeness (QED) is 0.862. The summed E-state index contributed by atoms with van der Waals surface area (Å²) in [4.78, 5) is 0. The second-order valence-corrected chi connectivity index (χ2v) is 4.33. The number of hydrogen-bond donors (Lipinski definition) is 1. The number of aryl methyl sites for hydroxylation is 2. The maximum absolute atomic E-state index is 5.73. The summed E-state index contributed by atoms with van der Waals surface area (Å²) in [6, 6.07) is 8.28. The van der Waals surface area contributed by atoms with E-state index in [1.54, 1.807) is 4.68 Å². The van der Waals surface area contributed by atoms with Gasteiger partial charge in [0.1, 0.15) is 0 Å². The number of nitrogens with two attached hydrogens (primary N) is 1. The molecule has 0 fully saturated rings. The molecular weight excluding hydrogens is 254 g/mol. The summed E-state index contributed by atoms with van der Waals surface area (Å²) >= 11 is 3.45. The van der Waals surface area contributed by atoms with Gasteiger partial charge in [0.15, 0.2) is 5.82 Å². The Balaban J connectivity index is 2.58. The van der Waals surface area contributed by atoms with Crippen LogP contribution in [0.5, 0.6) is 0 Å². The first-order chi connectivity index (χ1) is 7.09. The van der Waals surface area contributed by atoms with Crippen molar-refractivity contribution in [2.75, 3.05) is 5.73 Å². The fourth-order valence-corrected chi connectivity index (χ4v) is 2.11. The molecule has 1 aromatic heterocycles. The normalized spacial score (nSPS) is 10.6. The van der Waals surface area contributed by atoms with Crippen molar-refractivity contribution in [3.05, 3.63) is 34.3 Å². The molecule has 0 aliphatic carbocycles. The summed E-state index contributed by atoms with van der Waals surface area (Å²) in [6.45, 7) is 2.07. The molecule has 0 atom stereocenters. The van der Waals surface area contributed by atoms with Gasteiger partial charge in [-0.1, -0.05) is 29.8 Å². The van der Waals surface area contributed by atoms with Gasteiger partial charge in [-0.2, -0.15) is 5.10 Å². The standard InChI is InChI=1S/C11H12BrN3/c1-7-3-5-8(6-4-7)10-9(12)11(13)14-15(10)2/h3-6H,1-2H3,(H2,13,14). The molecule has 0 spiro atoms. The summed E-state index contributed by atoms with van der Waals surface area (Å²) in [5.41, 5.74) is 9.09. The molecule has 0 unspecified atom stereocenters. The van der Waals surface area contributed by atoms with E-state index in [9.17, 15) is 0 Å². The summed E-state index contributed by atoms with van der Waals surface area (Å²) in [5, 5.41) is 4.16. The van der Waals surface area contributed by atoms with E-state index >= 15 is 0 Å². The Morgan fingerprint density at radius 3 is 2.33 bits per heavy atom. The van der Waals surface area contributed by atoms with Crippen LogP contribution in [0.25, 0.3) is 11.3 Å². The molecule has 2 rings (SSSR count). The number of nitrogen functional groups attached to an aromatic ring is 1. The minimum atomic E-state index is 0.521. The van der Waals surface area contributed by atoms with Crippen molar-refractivity contribution in [2.24, 2.45) is 7.05 Å².